The Morgan fingerprint density at radius 3 is 2.14 bits per heavy atom. The Kier molecular flexibility index (Phi) is 6.27. The number of Topliss-reactive ketones (excluding diaryl/α,β-unsaturated/α-hetero) is 1. The molecule has 5 rings (SSSR count). The Labute approximate surface area is 211 Å². The minimum atomic E-state index is -0.604. The van der Waals surface area contributed by atoms with Crippen LogP contribution in [0.1, 0.15) is 15.9 Å². The quantitative estimate of drug-likeness (QED) is 0.266. The predicted octanol–water partition coefficient (Wildman–Crippen LogP) is 7.95. The van der Waals surface area contributed by atoms with Crippen molar-refractivity contribution >= 4 is 52.5 Å². The van der Waals surface area contributed by atoms with E-state index < -0.39 is 6.09 Å². The molecule has 0 unspecified atom stereocenters. The van der Waals surface area contributed by atoms with Crippen molar-refractivity contribution in [2.45, 2.75) is 0 Å². The second-order valence-corrected chi connectivity index (χ2v) is 8.40. The van der Waals surface area contributed by atoms with Gasteiger partial charge in [-0.2, -0.15) is 0 Å². The number of carbonyl (C=O) groups excluding carboxylic acids is 2. The van der Waals surface area contributed by atoms with Crippen molar-refractivity contribution in [3.8, 4) is 11.5 Å². The number of carbonyl (C=O) groups is 2. The second kappa shape index (κ2) is 9.66. The molecule has 0 fully saturated rings. The molecule has 7 heteroatoms. The van der Waals surface area contributed by atoms with E-state index in [1.807, 2.05) is 60.7 Å². The monoisotopic (exact) mass is 501 g/mol. The number of para-hydroxylation sites is 2. The third-order valence-electron chi connectivity index (χ3n) is 5.33. The number of amides is 1. The van der Waals surface area contributed by atoms with Crippen LogP contribution in [0.5, 0.6) is 11.5 Å². The Balaban J connectivity index is 1.41. The molecule has 1 heterocycles. The number of fused-ring (bicyclic) bond motifs is 1. The molecule has 172 valence electrons. The van der Waals surface area contributed by atoms with Gasteiger partial charge in [-0.1, -0.05) is 71.7 Å². The van der Waals surface area contributed by atoms with Gasteiger partial charge in [0.25, 0.3) is 0 Å². The van der Waals surface area contributed by atoms with Gasteiger partial charge in [0.1, 0.15) is 11.5 Å². The fourth-order valence-electron chi connectivity index (χ4n) is 3.66. The van der Waals surface area contributed by atoms with Crippen molar-refractivity contribution in [3.63, 3.8) is 0 Å². The van der Waals surface area contributed by atoms with Crippen LogP contribution in [0.2, 0.25) is 10.0 Å². The molecule has 0 atom stereocenters. The summed E-state index contributed by atoms with van der Waals surface area (Å²) in [6.45, 7) is 0. The second-order valence-electron chi connectivity index (χ2n) is 7.62. The summed E-state index contributed by atoms with van der Waals surface area (Å²) in [5.74, 6) is 0.322. The summed E-state index contributed by atoms with van der Waals surface area (Å²) in [5.41, 5.74) is 2.22. The van der Waals surface area contributed by atoms with Crippen molar-refractivity contribution in [2.75, 3.05) is 4.90 Å². The van der Waals surface area contributed by atoms with E-state index in [0.29, 0.717) is 32.5 Å². The molecule has 0 aromatic heterocycles. The maximum atomic E-state index is 13.2. The van der Waals surface area contributed by atoms with Crippen LogP contribution >= 0.6 is 23.2 Å². The average molecular weight is 502 g/mol. The number of halogens is 2. The molecular weight excluding hydrogens is 485 g/mol. The van der Waals surface area contributed by atoms with Crippen LogP contribution in [0.15, 0.2) is 103 Å². The van der Waals surface area contributed by atoms with Gasteiger partial charge in [0.2, 0.25) is 5.78 Å². The summed E-state index contributed by atoms with van der Waals surface area (Å²) in [5, 5.41) is 0.699. The highest BCUT2D eigenvalue weighted by Gasteiger charge is 2.29. The Bertz CT molecular complexity index is 1410. The molecule has 1 aliphatic heterocycles. The van der Waals surface area contributed by atoms with E-state index in [4.69, 9.17) is 32.7 Å². The third kappa shape index (κ3) is 4.64. The molecule has 0 saturated heterocycles. The van der Waals surface area contributed by atoms with Gasteiger partial charge in [-0.25, -0.2) is 9.69 Å². The summed E-state index contributed by atoms with van der Waals surface area (Å²) in [6, 6.07) is 28.1. The molecule has 5 nitrogen and oxygen atoms in total. The van der Waals surface area contributed by atoms with Crippen LogP contribution in [0.3, 0.4) is 0 Å². The molecule has 4 aromatic carbocycles. The van der Waals surface area contributed by atoms with Crippen LogP contribution in [0.25, 0.3) is 6.08 Å². The highest BCUT2D eigenvalue weighted by atomic mass is 35.5. The molecule has 1 amide bonds. The SMILES string of the molecule is O=C1/C(=C/c2cccc(Cl)c2Cl)Oc2cc(OC(=O)N(c3ccccc3)c3ccccc3)ccc21. The van der Waals surface area contributed by atoms with Crippen molar-refractivity contribution in [3.05, 3.63) is 124 Å². The van der Waals surface area contributed by atoms with Gasteiger partial charge in [-0.05, 0) is 54.1 Å². The number of hydrogen-bond acceptors (Lipinski definition) is 4. The summed E-state index contributed by atoms with van der Waals surface area (Å²) in [4.78, 5) is 27.5. The molecule has 0 radical (unpaired) electrons. The van der Waals surface area contributed by atoms with Crippen molar-refractivity contribution in [2.24, 2.45) is 0 Å². The lowest BCUT2D eigenvalue weighted by Gasteiger charge is -2.22. The first kappa shape index (κ1) is 22.7. The van der Waals surface area contributed by atoms with Crippen molar-refractivity contribution in [1.29, 1.82) is 0 Å². The Morgan fingerprint density at radius 1 is 0.829 bits per heavy atom. The number of rotatable bonds is 4. The molecule has 0 saturated carbocycles. The summed E-state index contributed by atoms with van der Waals surface area (Å²) >= 11 is 12.3. The lowest BCUT2D eigenvalue weighted by atomic mass is 10.1. The normalized spacial score (nSPS) is 13.3. The Morgan fingerprint density at radius 2 is 1.49 bits per heavy atom. The summed E-state index contributed by atoms with van der Waals surface area (Å²) < 4.78 is 11.4. The average Bonchev–Trinajstić information content (AvgIpc) is 3.18. The van der Waals surface area contributed by atoms with Crippen LogP contribution < -0.4 is 14.4 Å². The van der Waals surface area contributed by atoms with Crippen LogP contribution in [-0.4, -0.2) is 11.9 Å². The van der Waals surface area contributed by atoms with E-state index in [1.54, 1.807) is 30.3 Å². The van der Waals surface area contributed by atoms with E-state index >= 15 is 0 Å². The van der Waals surface area contributed by atoms with Gasteiger partial charge in [-0.15, -0.1) is 0 Å². The van der Waals surface area contributed by atoms with Crippen LogP contribution in [-0.2, 0) is 0 Å². The fourth-order valence-corrected chi connectivity index (χ4v) is 4.03. The molecule has 0 aliphatic carbocycles. The van der Waals surface area contributed by atoms with Crippen molar-refractivity contribution < 1.29 is 19.1 Å². The largest absolute Gasteiger partial charge is 0.452 e. The third-order valence-corrected chi connectivity index (χ3v) is 6.16. The smallest absolute Gasteiger partial charge is 0.424 e. The van der Waals surface area contributed by atoms with Gasteiger partial charge in [-0.3, -0.25) is 4.79 Å². The van der Waals surface area contributed by atoms with Crippen molar-refractivity contribution in [1.82, 2.24) is 0 Å². The van der Waals surface area contributed by atoms with Crippen LogP contribution in [0.4, 0.5) is 16.2 Å². The predicted molar refractivity (Wildman–Crippen MR) is 137 cm³/mol. The highest BCUT2D eigenvalue weighted by Crippen LogP contribution is 2.37. The van der Waals surface area contributed by atoms with E-state index in [0.717, 1.165) is 0 Å². The topological polar surface area (TPSA) is 55.8 Å². The molecule has 4 aromatic rings. The van der Waals surface area contributed by atoms with E-state index in [9.17, 15) is 9.59 Å². The van der Waals surface area contributed by atoms with E-state index in [-0.39, 0.29) is 23.0 Å². The number of hydrogen-bond donors (Lipinski definition) is 0. The maximum Gasteiger partial charge on any atom is 0.424 e. The molecule has 0 bridgehead atoms. The number of nitrogens with zero attached hydrogens (tertiary/aromatic N) is 1. The lowest BCUT2D eigenvalue weighted by molar-refractivity contribution is 0.101. The molecular formula is C28H17Cl2NO4. The highest BCUT2D eigenvalue weighted by molar-refractivity contribution is 6.43. The molecule has 1 aliphatic rings. The number of allylic oxidation sites excluding steroid dienone is 1. The first-order chi connectivity index (χ1) is 17.0. The van der Waals surface area contributed by atoms with Gasteiger partial charge in [0, 0.05) is 6.07 Å². The van der Waals surface area contributed by atoms with Gasteiger partial charge in [0.15, 0.2) is 5.76 Å². The minimum absolute atomic E-state index is 0.0999. The number of ether oxygens (including phenoxy) is 2. The lowest BCUT2D eigenvalue weighted by Crippen LogP contribution is -2.29. The van der Waals surface area contributed by atoms with Gasteiger partial charge >= 0.3 is 6.09 Å². The Hall–Kier alpha value is -4.06. The number of benzene rings is 4. The summed E-state index contributed by atoms with van der Waals surface area (Å²) in [6.07, 6.45) is 0.933. The zero-order valence-corrected chi connectivity index (χ0v) is 19.7. The van der Waals surface area contributed by atoms with E-state index in [1.165, 1.54) is 17.0 Å². The first-order valence-corrected chi connectivity index (χ1v) is 11.4. The molecule has 0 N–H and O–H groups in total. The van der Waals surface area contributed by atoms with Crippen LogP contribution in [0, 0.1) is 0 Å². The fraction of sp³-hybridized carbons (Fsp3) is 0. The maximum absolute atomic E-state index is 13.2. The first-order valence-electron chi connectivity index (χ1n) is 10.7. The van der Waals surface area contributed by atoms with E-state index in [2.05, 4.69) is 0 Å². The van der Waals surface area contributed by atoms with Gasteiger partial charge in [0.05, 0.1) is 27.0 Å². The number of ketones is 1. The summed E-state index contributed by atoms with van der Waals surface area (Å²) in [7, 11) is 0. The standard InChI is InChI=1S/C28H17Cl2NO4/c29-23-13-7-8-18(26(23)30)16-25-27(32)22-15-14-21(17-24(22)35-25)34-28(33)31(19-9-3-1-4-10-19)20-11-5-2-6-12-20/h1-17H/b25-16-. The van der Waals surface area contributed by atoms with Gasteiger partial charge < -0.3 is 9.47 Å². The molecule has 0 spiro atoms. The zero-order valence-electron chi connectivity index (χ0n) is 18.2. The number of anilines is 2. The minimum Gasteiger partial charge on any atom is -0.452 e. The zero-order chi connectivity index (χ0) is 24.4. The molecule has 35 heavy (non-hydrogen) atoms.